The number of hydrogen-bond acceptors (Lipinski definition) is 2. The number of ether oxygens (including phenoxy) is 2. The molecule has 1 heterocycles. The average molecular weight is 144 g/mol. The standard InChI is InChI=1S/C8H16O2/c1-7(2)8-3-4-9-5-6-10-8/h7-8H,3-6H2,1-2H3. The molecule has 2 nitrogen and oxygen atoms in total. The van der Waals surface area contributed by atoms with Crippen LogP contribution in [0.5, 0.6) is 0 Å². The van der Waals surface area contributed by atoms with E-state index in [2.05, 4.69) is 13.8 Å². The van der Waals surface area contributed by atoms with E-state index in [4.69, 9.17) is 9.47 Å². The van der Waals surface area contributed by atoms with Crippen LogP contribution in [0.15, 0.2) is 0 Å². The van der Waals surface area contributed by atoms with E-state index < -0.39 is 0 Å². The van der Waals surface area contributed by atoms with E-state index in [9.17, 15) is 0 Å². The lowest BCUT2D eigenvalue weighted by molar-refractivity contribution is 0.0272. The van der Waals surface area contributed by atoms with E-state index in [0.717, 1.165) is 26.2 Å². The third kappa shape index (κ3) is 2.27. The first-order valence-electron chi connectivity index (χ1n) is 4.00. The molecule has 0 amide bonds. The fourth-order valence-electron chi connectivity index (χ4n) is 1.17. The molecule has 1 unspecified atom stereocenters. The van der Waals surface area contributed by atoms with Gasteiger partial charge < -0.3 is 9.47 Å². The van der Waals surface area contributed by atoms with E-state index in [1.807, 2.05) is 0 Å². The molecule has 1 rings (SSSR count). The summed E-state index contributed by atoms with van der Waals surface area (Å²) in [6.07, 6.45) is 1.47. The number of rotatable bonds is 1. The fraction of sp³-hybridized carbons (Fsp3) is 1.00. The average Bonchev–Trinajstić information content (AvgIpc) is 2.12. The smallest absolute Gasteiger partial charge is 0.0704 e. The fourth-order valence-corrected chi connectivity index (χ4v) is 1.17. The van der Waals surface area contributed by atoms with Gasteiger partial charge in [-0.1, -0.05) is 13.8 Å². The summed E-state index contributed by atoms with van der Waals surface area (Å²) in [6.45, 7) is 6.78. The van der Waals surface area contributed by atoms with Crippen molar-refractivity contribution in [3.63, 3.8) is 0 Å². The summed E-state index contributed by atoms with van der Waals surface area (Å²) < 4.78 is 10.8. The van der Waals surface area contributed by atoms with Crippen LogP contribution in [-0.2, 0) is 9.47 Å². The molecule has 1 atom stereocenters. The van der Waals surface area contributed by atoms with Gasteiger partial charge in [0.2, 0.25) is 0 Å². The van der Waals surface area contributed by atoms with Crippen molar-refractivity contribution in [1.82, 2.24) is 0 Å². The molecule has 60 valence electrons. The van der Waals surface area contributed by atoms with Gasteiger partial charge in [0.15, 0.2) is 0 Å². The number of hydrogen-bond donors (Lipinski definition) is 0. The highest BCUT2D eigenvalue weighted by Gasteiger charge is 2.15. The summed E-state index contributed by atoms with van der Waals surface area (Å²) in [5.41, 5.74) is 0. The third-order valence-electron chi connectivity index (χ3n) is 1.85. The Morgan fingerprint density at radius 3 is 2.70 bits per heavy atom. The van der Waals surface area contributed by atoms with Crippen LogP contribution in [0.1, 0.15) is 20.3 Å². The van der Waals surface area contributed by atoms with Crippen molar-refractivity contribution in [2.45, 2.75) is 26.4 Å². The summed E-state index contributed by atoms with van der Waals surface area (Å²) in [5, 5.41) is 0. The minimum absolute atomic E-state index is 0.419. The van der Waals surface area contributed by atoms with Gasteiger partial charge in [-0.25, -0.2) is 0 Å². The van der Waals surface area contributed by atoms with E-state index in [1.165, 1.54) is 0 Å². The lowest BCUT2D eigenvalue weighted by Gasteiger charge is -2.17. The van der Waals surface area contributed by atoms with E-state index in [1.54, 1.807) is 0 Å². The Labute approximate surface area is 62.5 Å². The zero-order valence-electron chi connectivity index (χ0n) is 6.80. The van der Waals surface area contributed by atoms with Gasteiger partial charge in [-0.2, -0.15) is 0 Å². The highest BCUT2D eigenvalue weighted by atomic mass is 16.5. The normalized spacial score (nSPS) is 28.5. The summed E-state index contributed by atoms with van der Waals surface area (Å²) >= 11 is 0. The van der Waals surface area contributed by atoms with E-state index >= 15 is 0 Å². The molecule has 0 aromatic heterocycles. The van der Waals surface area contributed by atoms with Crippen LogP contribution in [-0.4, -0.2) is 25.9 Å². The molecule has 1 aliphatic rings. The van der Waals surface area contributed by atoms with Gasteiger partial charge >= 0.3 is 0 Å². The molecule has 0 aliphatic carbocycles. The first-order chi connectivity index (χ1) is 4.80. The second-order valence-electron chi connectivity index (χ2n) is 3.05. The van der Waals surface area contributed by atoms with Crippen LogP contribution in [0.3, 0.4) is 0 Å². The lowest BCUT2D eigenvalue weighted by atomic mass is 10.1. The van der Waals surface area contributed by atoms with Gasteiger partial charge in [0.1, 0.15) is 0 Å². The van der Waals surface area contributed by atoms with Crippen molar-refractivity contribution < 1.29 is 9.47 Å². The highest BCUT2D eigenvalue weighted by molar-refractivity contribution is 4.63. The molecule has 0 aromatic carbocycles. The van der Waals surface area contributed by atoms with Gasteiger partial charge in [-0.05, 0) is 12.3 Å². The maximum Gasteiger partial charge on any atom is 0.0704 e. The molecule has 0 N–H and O–H groups in total. The molecule has 0 aromatic rings. The van der Waals surface area contributed by atoms with Gasteiger partial charge in [-0.3, -0.25) is 0 Å². The topological polar surface area (TPSA) is 18.5 Å². The summed E-state index contributed by atoms with van der Waals surface area (Å²) in [7, 11) is 0. The van der Waals surface area contributed by atoms with Crippen molar-refractivity contribution in [2.24, 2.45) is 5.92 Å². The summed E-state index contributed by atoms with van der Waals surface area (Å²) in [6, 6.07) is 0. The molecule has 1 fully saturated rings. The molecule has 0 bridgehead atoms. The van der Waals surface area contributed by atoms with Crippen LogP contribution >= 0.6 is 0 Å². The Morgan fingerprint density at radius 1 is 1.20 bits per heavy atom. The minimum atomic E-state index is 0.419. The minimum Gasteiger partial charge on any atom is -0.379 e. The molecular formula is C8H16O2. The van der Waals surface area contributed by atoms with E-state index in [-0.39, 0.29) is 0 Å². The van der Waals surface area contributed by atoms with Crippen LogP contribution in [0, 0.1) is 5.92 Å². The van der Waals surface area contributed by atoms with Crippen LogP contribution in [0.2, 0.25) is 0 Å². The van der Waals surface area contributed by atoms with Crippen molar-refractivity contribution in [2.75, 3.05) is 19.8 Å². The molecule has 1 saturated heterocycles. The third-order valence-corrected chi connectivity index (χ3v) is 1.85. The van der Waals surface area contributed by atoms with Crippen LogP contribution in [0.25, 0.3) is 0 Å². The Hall–Kier alpha value is -0.0800. The van der Waals surface area contributed by atoms with Crippen molar-refractivity contribution in [1.29, 1.82) is 0 Å². The van der Waals surface area contributed by atoms with E-state index in [0.29, 0.717) is 12.0 Å². The zero-order valence-corrected chi connectivity index (χ0v) is 6.80. The molecule has 2 heteroatoms. The van der Waals surface area contributed by atoms with Crippen molar-refractivity contribution >= 4 is 0 Å². The van der Waals surface area contributed by atoms with Crippen LogP contribution in [0.4, 0.5) is 0 Å². The second kappa shape index (κ2) is 3.94. The van der Waals surface area contributed by atoms with Crippen molar-refractivity contribution in [3.8, 4) is 0 Å². The van der Waals surface area contributed by atoms with Gasteiger partial charge in [-0.15, -0.1) is 0 Å². The van der Waals surface area contributed by atoms with Gasteiger partial charge in [0.05, 0.1) is 19.3 Å². The largest absolute Gasteiger partial charge is 0.379 e. The Kier molecular flexibility index (Phi) is 3.16. The zero-order chi connectivity index (χ0) is 7.40. The first kappa shape index (κ1) is 8.02. The molecule has 0 radical (unpaired) electrons. The molecule has 0 spiro atoms. The Morgan fingerprint density at radius 2 is 2.00 bits per heavy atom. The molecular weight excluding hydrogens is 128 g/mol. The van der Waals surface area contributed by atoms with Crippen molar-refractivity contribution in [3.05, 3.63) is 0 Å². The van der Waals surface area contributed by atoms with Gasteiger partial charge in [0, 0.05) is 6.61 Å². The van der Waals surface area contributed by atoms with Crippen LogP contribution < -0.4 is 0 Å². The summed E-state index contributed by atoms with van der Waals surface area (Å²) in [4.78, 5) is 0. The molecule has 1 aliphatic heterocycles. The predicted octanol–water partition coefficient (Wildman–Crippen LogP) is 1.45. The molecule has 0 saturated carbocycles. The van der Waals surface area contributed by atoms with Gasteiger partial charge in [0.25, 0.3) is 0 Å². The molecule has 10 heavy (non-hydrogen) atoms. The second-order valence-corrected chi connectivity index (χ2v) is 3.05. The maximum atomic E-state index is 5.54. The monoisotopic (exact) mass is 144 g/mol. The Balaban J connectivity index is 2.28. The predicted molar refractivity (Wildman–Crippen MR) is 40.0 cm³/mol. The summed E-state index contributed by atoms with van der Waals surface area (Å²) in [5.74, 6) is 0.627. The highest BCUT2D eigenvalue weighted by Crippen LogP contribution is 2.12. The quantitative estimate of drug-likeness (QED) is 0.554. The maximum absolute atomic E-state index is 5.54. The SMILES string of the molecule is CC(C)C1CCOCCO1. The Bertz CT molecular complexity index is 83.3. The first-order valence-corrected chi connectivity index (χ1v) is 4.00. The lowest BCUT2D eigenvalue weighted by Crippen LogP contribution is -2.19.